The van der Waals surface area contributed by atoms with Crippen molar-refractivity contribution in [2.24, 2.45) is 0 Å². The molecular formula is C35H37F2N9O13P2S. The second kappa shape index (κ2) is 20.9. The largest absolute Gasteiger partial charge is 0.475 e. The number of aromatic amines is 1. The Bertz CT molecular complexity index is 2520. The molecule has 10 atom stereocenters. The van der Waals surface area contributed by atoms with Gasteiger partial charge in [-0.1, -0.05) is 24.3 Å². The van der Waals surface area contributed by atoms with Crippen LogP contribution in [0.1, 0.15) is 35.7 Å². The molecule has 27 heteroatoms. The monoisotopic (exact) mass is 923 g/mol. The molecule has 10 unspecified atom stereocenters. The number of carbonyl (C=O) groups is 1. The number of hydrogen-bond donors (Lipinski definition) is 3. The number of nitriles is 2. The smallest absolute Gasteiger partial charge is 0.394 e. The van der Waals surface area contributed by atoms with E-state index in [2.05, 4.69) is 26.8 Å². The Kier molecular flexibility index (Phi) is 15.7. The predicted octanol–water partition coefficient (Wildman–Crippen LogP) is 3.27. The molecule has 2 aliphatic rings. The molecule has 2 aliphatic heterocycles. The molecule has 330 valence electrons. The van der Waals surface area contributed by atoms with Gasteiger partial charge in [0.15, 0.2) is 41.8 Å². The van der Waals surface area contributed by atoms with E-state index in [0.29, 0.717) is 5.56 Å². The van der Waals surface area contributed by atoms with E-state index in [1.807, 2.05) is 17.1 Å². The highest BCUT2D eigenvalue weighted by Crippen LogP contribution is 2.57. The van der Waals surface area contributed by atoms with Crippen LogP contribution in [0.15, 0.2) is 77.5 Å². The molecule has 0 aliphatic carbocycles. The lowest BCUT2D eigenvalue weighted by atomic mass is 10.1. The van der Waals surface area contributed by atoms with Crippen molar-refractivity contribution in [3.05, 3.63) is 94.3 Å². The zero-order valence-corrected chi connectivity index (χ0v) is 34.7. The van der Waals surface area contributed by atoms with Crippen molar-refractivity contribution in [1.82, 2.24) is 29.1 Å². The van der Waals surface area contributed by atoms with Crippen LogP contribution in [0, 0.1) is 22.7 Å². The molecule has 3 N–H and O–H groups in total. The summed E-state index contributed by atoms with van der Waals surface area (Å²) in [4.78, 5) is 52.1. The number of rotatable bonds is 21. The predicted molar refractivity (Wildman–Crippen MR) is 212 cm³/mol. The molecule has 1 amide bonds. The second-order valence-corrected chi connectivity index (χ2v) is 17.6. The van der Waals surface area contributed by atoms with E-state index >= 15 is 8.78 Å². The van der Waals surface area contributed by atoms with Crippen molar-refractivity contribution >= 4 is 49.2 Å². The van der Waals surface area contributed by atoms with Gasteiger partial charge in [-0.05, 0) is 23.9 Å². The van der Waals surface area contributed by atoms with Gasteiger partial charge in [0, 0.05) is 17.8 Å². The minimum atomic E-state index is -4.73. The van der Waals surface area contributed by atoms with Gasteiger partial charge in [0.2, 0.25) is 0 Å². The first kappa shape index (κ1) is 46.5. The average Bonchev–Trinajstić information content (AvgIpc) is 3.92. The standard InChI is InChI=1S/C35H37F2N9O13P2S/c1-2-14-52-60(51,53-15-6-11-38)58-28-23(57-33(26(28)37)46-20-42-27-30(40-19-41-31(27)46)44-32(49)21-8-4-3-5-9-21)18-55-61(62,54-16-7-12-39)59-29-25(36)22(17-47)56-34(29)45-13-10-24(48)43-35(45)50/h2-5,8-10,13,19-20,22-23,25-26,28-29,33-34,47H,1,6-7,14-18H2,(H,43,48,50)(H,40,41,44,49). The van der Waals surface area contributed by atoms with E-state index in [-0.39, 0.29) is 29.8 Å². The molecule has 2 fully saturated rings. The number of anilines is 1. The summed E-state index contributed by atoms with van der Waals surface area (Å²) in [7, 11) is -4.73. The van der Waals surface area contributed by atoms with E-state index in [0.717, 1.165) is 34.1 Å². The number of hydrogen-bond acceptors (Lipinski definition) is 19. The molecule has 62 heavy (non-hydrogen) atoms. The van der Waals surface area contributed by atoms with Crippen LogP contribution in [-0.2, 0) is 53.0 Å². The minimum absolute atomic E-state index is 0.0243. The van der Waals surface area contributed by atoms with Crippen LogP contribution >= 0.6 is 14.5 Å². The fourth-order valence-electron chi connectivity index (χ4n) is 6.09. The van der Waals surface area contributed by atoms with Gasteiger partial charge in [0.1, 0.15) is 30.7 Å². The molecule has 5 heterocycles. The Hall–Kier alpha value is -4.98. The number of alkyl halides is 2. The molecule has 0 bridgehead atoms. The number of benzene rings is 1. The van der Waals surface area contributed by atoms with Crippen LogP contribution in [0.3, 0.4) is 0 Å². The average molecular weight is 924 g/mol. The number of imidazole rings is 1. The summed E-state index contributed by atoms with van der Waals surface area (Å²) < 4.78 is 94.2. The fraction of sp³-hybridized carbons (Fsp3) is 0.429. The van der Waals surface area contributed by atoms with Gasteiger partial charge in [-0.15, -0.1) is 6.58 Å². The van der Waals surface area contributed by atoms with Gasteiger partial charge in [-0.2, -0.15) is 10.5 Å². The quantitative estimate of drug-likeness (QED) is 0.0614. The van der Waals surface area contributed by atoms with Crippen molar-refractivity contribution in [3.63, 3.8) is 0 Å². The summed E-state index contributed by atoms with van der Waals surface area (Å²) in [6.45, 7) is -3.80. The van der Waals surface area contributed by atoms with Crippen LogP contribution in [-0.4, -0.2) is 110 Å². The number of ether oxygens (including phenoxy) is 2. The minimum Gasteiger partial charge on any atom is -0.394 e. The maximum atomic E-state index is 17.0. The Morgan fingerprint density at radius 2 is 1.69 bits per heavy atom. The number of amides is 1. The maximum absolute atomic E-state index is 17.0. The SMILES string of the molecule is C=CCOP(=O)(OCCC#N)OC1C(COP(=S)(OCCC#N)OC2C(F)C(CO)OC2n2ccc(=O)[nH]c2=O)OC(n2cnc3c(NC(=O)c4ccccc4)ncnc32)C1F. The molecule has 1 aromatic carbocycles. The Morgan fingerprint density at radius 1 is 0.968 bits per heavy atom. The van der Waals surface area contributed by atoms with Crippen molar-refractivity contribution in [3.8, 4) is 12.1 Å². The molecule has 22 nitrogen and oxygen atoms in total. The number of fused-ring (bicyclic) bond motifs is 1. The molecule has 2 saturated heterocycles. The van der Waals surface area contributed by atoms with Crippen LogP contribution in [0.4, 0.5) is 14.6 Å². The number of phosphoric acid groups is 1. The van der Waals surface area contributed by atoms with Gasteiger partial charge in [0.05, 0.1) is 64.3 Å². The van der Waals surface area contributed by atoms with Crippen molar-refractivity contribution in [2.45, 2.75) is 62.1 Å². The van der Waals surface area contributed by atoms with E-state index in [1.54, 1.807) is 30.3 Å². The Balaban J connectivity index is 1.32. The zero-order chi connectivity index (χ0) is 44.4. The first-order valence-electron chi connectivity index (χ1n) is 18.4. The maximum Gasteiger partial charge on any atom is 0.475 e. The van der Waals surface area contributed by atoms with E-state index in [9.17, 15) is 29.3 Å². The number of H-pyrrole nitrogens is 1. The van der Waals surface area contributed by atoms with Crippen LogP contribution in [0.2, 0.25) is 0 Å². The number of aliphatic hydroxyl groups excluding tert-OH is 1. The third kappa shape index (κ3) is 10.8. The van der Waals surface area contributed by atoms with Crippen molar-refractivity contribution < 1.29 is 59.9 Å². The summed E-state index contributed by atoms with van der Waals surface area (Å²) in [5, 5.41) is 30.8. The lowest BCUT2D eigenvalue weighted by molar-refractivity contribution is -0.0598. The van der Waals surface area contributed by atoms with Gasteiger partial charge < -0.3 is 28.9 Å². The molecular weight excluding hydrogens is 886 g/mol. The number of aromatic nitrogens is 6. The summed E-state index contributed by atoms with van der Waals surface area (Å²) in [5.41, 5.74) is -1.50. The number of phosphoric ester groups is 1. The Labute approximate surface area is 354 Å². The number of nitrogens with one attached hydrogen (secondary N) is 2. The van der Waals surface area contributed by atoms with Gasteiger partial charge in [0.25, 0.3) is 11.5 Å². The van der Waals surface area contributed by atoms with Crippen LogP contribution in [0.25, 0.3) is 11.2 Å². The molecule has 0 spiro atoms. The zero-order valence-electron chi connectivity index (χ0n) is 32.1. The van der Waals surface area contributed by atoms with E-state index in [4.69, 9.17) is 53.7 Å². The summed E-state index contributed by atoms with van der Waals surface area (Å²) in [6, 6.07) is 12.8. The van der Waals surface area contributed by atoms with Crippen LogP contribution < -0.4 is 16.6 Å². The Morgan fingerprint density at radius 3 is 2.39 bits per heavy atom. The number of carbonyl (C=O) groups excluding carboxylic acids is 1. The molecule has 0 saturated carbocycles. The first-order valence-corrected chi connectivity index (χ1v) is 22.4. The van der Waals surface area contributed by atoms with Crippen LogP contribution in [0.5, 0.6) is 0 Å². The third-order valence-corrected chi connectivity index (χ3v) is 12.7. The first-order chi connectivity index (χ1) is 29.8. The van der Waals surface area contributed by atoms with E-state index in [1.165, 1.54) is 6.08 Å². The van der Waals surface area contributed by atoms with Gasteiger partial charge >= 0.3 is 20.2 Å². The highest BCUT2D eigenvalue weighted by Gasteiger charge is 2.53. The second-order valence-electron chi connectivity index (χ2n) is 13.0. The number of halogens is 2. The third-order valence-electron chi connectivity index (χ3n) is 8.91. The highest BCUT2D eigenvalue weighted by molar-refractivity contribution is 8.07. The normalized spacial score (nSPS) is 25.4. The van der Waals surface area contributed by atoms with Crippen molar-refractivity contribution in [1.29, 1.82) is 10.5 Å². The summed E-state index contributed by atoms with van der Waals surface area (Å²) in [6.07, 6.45) is -10.8. The molecule has 4 aromatic rings. The summed E-state index contributed by atoms with van der Waals surface area (Å²) >= 11 is 5.64. The number of nitrogens with zero attached hydrogens (tertiary/aromatic N) is 7. The fourth-order valence-corrected chi connectivity index (χ4v) is 9.50. The van der Waals surface area contributed by atoms with Crippen molar-refractivity contribution in [2.75, 3.05) is 38.4 Å². The van der Waals surface area contributed by atoms with Gasteiger partial charge in [-0.3, -0.25) is 41.8 Å². The molecule has 3 aromatic heterocycles. The molecule has 6 rings (SSSR count). The van der Waals surface area contributed by atoms with E-state index < -0.39 is 114 Å². The van der Waals surface area contributed by atoms with Gasteiger partial charge in [-0.25, -0.2) is 33.1 Å². The highest BCUT2D eigenvalue weighted by atomic mass is 32.5. The lowest BCUT2D eigenvalue weighted by Crippen LogP contribution is -2.38. The topological polar surface area (TPSA) is 286 Å². The lowest BCUT2D eigenvalue weighted by Gasteiger charge is -2.30. The number of aliphatic hydroxyl groups is 1. The summed E-state index contributed by atoms with van der Waals surface area (Å²) in [5.74, 6) is -0.558. The molecule has 0 radical (unpaired) electrons.